The summed E-state index contributed by atoms with van der Waals surface area (Å²) in [7, 11) is 0. The van der Waals surface area contributed by atoms with E-state index in [2.05, 4.69) is 40.4 Å². The highest BCUT2D eigenvalue weighted by Crippen LogP contribution is 2.31. The van der Waals surface area contributed by atoms with Crippen LogP contribution in [0.4, 0.5) is 11.4 Å². The van der Waals surface area contributed by atoms with Crippen LogP contribution in [-0.2, 0) is 4.79 Å². The molecule has 0 aromatic heterocycles. The molecule has 0 radical (unpaired) electrons. The number of hydrogen-bond acceptors (Lipinski definition) is 2. The maximum absolute atomic E-state index is 11.9. The van der Waals surface area contributed by atoms with Crippen molar-refractivity contribution in [2.75, 3.05) is 10.6 Å². The van der Waals surface area contributed by atoms with Crippen LogP contribution in [0.15, 0.2) is 22.7 Å². The van der Waals surface area contributed by atoms with E-state index in [4.69, 9.17) is 0 Å². The molecule has 0 bridgehead atoms. The lowest BCUT2D eigenvalue weighted by Crippen LogP contribution is -2.43. The third-order valence-corrected chi connectivity index (χ3v) is 3.54. The van der Waals surface area contributed by atoms with Crippen LogP contribution in [-0.4, -0.2) is 11.9 Å². The molecule has 16 heavy (non-hydrogen) atoms. The van der Waals surface area contributed by atoms with Gasteiger partial charge in [0.25, 0.3) is 0 Å². The van der Waals surface area contributed by atoms with E-state index < -0.39 is 0 Å². The van der Waals surface area contributed by atoms with E-state index in [-0.39, 0.29) is 11.9 Å². The Labute approximate surface area is 104 Å². The fourth-order valence-corrected chi connectivity index (χ4v) is 2.19. The minimum Gasteiger partial charge on any atom is -0.372 e. The van der Waals surface area contributed by atoms with Crippen LogP contribution in [0.1, 0.15) is 20.3 Å². The summed E-state index contributed by atoms with van der Waals surface area (Å²) in [6.45, 7) is 4.18. The maximum atomic E-state index is 11.9. The second-order valence-electron chi connectivity index (χ2n) is 4.19. The van der Waals surface area contributed by atoms with Gasteiger partial charge in [-0.05, 0) is 24.1 Å². The molecule has 0 saturated heterocycles. The minimum absolute atomic E-state index is 0.0555. The fourth-order valence-electron chi connectivity index (χ4n) is 1.83. The molecule has 4 heteroatoms. The van der Waals surface area contributed by atoms with E-state index in [0.717, 1.165) is 22.3 Å². The van der Waals surface area contributed by atoms with Gasteiger partial charge in [0.15, 0.2) is 0 Å². The first-order valence-electron chi connectivity index (χ1n) is 5.48. The number of carbonyl (C=O) groups is 1. The number of nitrogens with one attached hydrogen (secondary N) is 2. The zero-order valence-corrected chi connectivity index (χ0v) is 11.0. The molecule has 1 aromatic carbocycles. The van der Waals surface area contributed by atoms with Crippen LogP contribution in [0.2, 0.25) is 0 Å². The number of carbonyl (C=O) groups excluding carboxylic acids is 1. The van der Waals surface area contributed by atoms with Crippen molar-refractivity contribution in [3.63, 3.8) is 0 Å². The zero-order chi connectivity index (χ0) is 11.7. The first-order valence-corrected chi connectivity index (χ1v) is 6.28. The number of halogens is 1. The standard InChI is InChI=1S/C12H15BrN2O/c1-3-7(2)11-12(16)15-10-6-8(13)4-5-9(10)14-11/h4-7,11,14H,3H2,1-2H3,(H,15,16). The summed E-state index contributed by atoms with van der Waals surface area (Å²) in [5, 5.41) is 6.23. The summed E-state index contributed by atoms with van der Waals surface area (Å²) in [4.78, 5) is 11.9. The lowest BCUT2D eigenvalue weighted by molar-refractivity contribution is -0.118. The molecule has 2 rings (SSSR count). The van der Waals surface area contributed by atoms with Gasteiger partial charge in [-0.1, -0.05) is 36.2 Å². The monoisotopic (exact) mass is 282 g/mol. The van der Waals surface area contributed by atoms with Gasteiger partial charge in [0.2, 0.25) is 5.91 Å². The van der Waals surface area contributed by atoms with Crippen LogP contribution in [0.3, 0.4) is 0 Å². The van der Waals surface area contributed by atoms with Crippen molar-refractivity contribution in [1.82, 2.24) is 0 Å². The van der Waals surface area contributed by atoms with Crippen LogP contribution in [0.25, 0.3) is 0 Å². The van der Waals surface area contributed by atoms with Crippen molar-refractivity contribution < 1.29 is 4.79 Å². The summed E-state index contributed by atoms with van der Waals surface area (Å²) in [5.74, 6) is 0.386. The molecule has 2 atom stereocenters. The Morgan fingerprint density at radius 3 is 2.88 bits per heavy atom. The molecule has 1 aromatic rings. The second kappa shape index (κ2) is 4.45. The molecule has 0 saturated carbocycles. The Bertz CT molecular complexity index is 419. The second-order valence-corrected chi connectivity index (χ2v) is 5.10. The lowest BCUT2D eigenvalue weighted by Gasteiger charge is -2.30. The number of benzene rings is 1. The molecule has 2 unspecified atom stereocenters. The highest BCUT2D eigenvalue weighted by molar-refractivity contribution is 9.10. The predicted molar refractivity (Wildman–Crippen MR) is 69.6 cm³/mol. The lowest BCUT2D eigenvalue weighted by atomic mass is 9.96. The van der Waals surface area contributed by atoms with E-state index in [1.807, 2.05) is 18.2 Å². The molecule has 0 aliphatic carbocycles. The zero-order valence-electron chi connectivity index (χ0n) is 9.38. The molecular weight excluding hydrogens is 268 g/mol. The largest absolute Gasteiger partial charge is 0.372 e. The Kier molecular flexibility index (Phi) is 3.19. The van der Waals surface area contributed by atoms with Gasteiger partial charge in [0.1, 0.15) is 6.04 Å². The summed E-state index contributed by atoms with van der Waals surface area (Å²) in [6.07, 6.45) is 0.983. The average molecular weight is 283 g/mol. The van der Waals surface area contributed by atoms with Crippen LogP contribution in [0, 0.1) is 5.92 Å². The van der Waals surface area contributed by atoms with E-state index in [1.165, 1.54) is 0 Å². The Morgan fingerprint density at radius 2 is 2.19 bits per heavy atom. The van der Waals surface area contributed by atoms with Gasteiger partial charge in [-0.25, -0.2) is 0 Å². The number of amides is 1. The first-order chi connectivity index (χ1) is 7.61. The normalized spacial score (nSPS) is 20.7. The predicted octanol–water partition coefficient (Wildman–Crippen LogP) is 3.23. The quantitative estimate of drug-likeness (QED) is 0.875. The number of hydrogen-bond donors (Lipinski definition) is 2. The Balaban J connectivity index is 2.28. The topological polar surface area (TPSA) is 41.1 Å². The number of anilines is 2. The molecule has 1 aliphatic heterocycles. The first kappa shape index (κ1) is 11.5. The summed E-state index contributed by atoms with van der Waals surface area (Å²) < 4.78 is 0.968. The molecular formula is C12H15BrN2O. The van der Waals surface area contributed by atoms with Gasteiger partial charge in [-0.3, -0.25) is 4.79 Å². The summed E-state index contributed by atoms with van der Waals surface area (Å²) in [5.41, 5.74) is 1.84. The molecule has 1 heterocycles. The van der Waals surface area contributed by atoms with Gasteiger partial charge < -0.3 is 10.6 Å². The molecule has 0 fully saturated rings. The molecule has 3 nitrogen and oxygen atoms in total. The molecule has 86 valence electrons. The number of fused-ring (bicyclic) bond motifs is 1. The number of rotatable bonds is 2. The Hall–Kier alpha value is -1.03. The van der Waals surface area contributed by atoms with E-state index in [9.17, 15) is 4.79 Å². The van der Waals surface area contributed by atoms with Crippen LogP contribution < -0.4 is 10.6 Å². The van der Waals surface area contributed by atoms with Gasteiger partial charge in [-0.15, -0.1) is 0 Å². The van der Waals surface area contributed by atoms with Crippen molar-refractivity contribution >= 4 is 33.2 Å². The van der Waals surface area contributed by atoms with Gasteiger partial charge in [0, 0.05) is 4.47 Å². The van der Waals surface area contributed by atoms with Gasteiger partial charge >= 0.3 is 0 Å². The maximum Gasteiger partial charge on any atom is 0.247 e. The third-order valence-electron chi connectivity index (χ3n) is 3.05. The summed E-state index contributed by atoms with van der Waals surface area (Å²) in [6, 6.07) is 5.73. The fraction of sp³-hybridized carbons (Fsp3) is 0.417. The smallest absolute Gasteiger partial charge is 0.247 e. The highest BCUT2D eigenvalue weighted by atomic mass is 79.9. The van der Waals surface area contributed by atoms with Gasteiger partial charge in [0.05, 0.1) is 11.4 Å². The average Bonchev–Trinajstić information content (AvgIpc) is 2.27. The third kappa shape index (κ3) is 2.07. The molecule has 2 N–H and O–H groups in total. The van der Waals surface area contributed by atoms with E-state index in [1.54, 1.807) is 0 Å². The molecule has 1 amide bonds. The molecule has 0 spiro atoms. The van der Waals surface area contributed by atoms with Crippen molar-refractivity contribution in [3.8, 4) is 0 Å². The SMILES string of the molecule is CCC(C)C1Nc2ccc(Br)cc2NC1=O. The van der Waals surface area contributed by atoms with Crippen molar-refractivity contribution in [1.29, 1.82) is 0 Å². The Morgan fingerprint density at radius 1 is 1.44 bits per heavy atom. The minimum atomic E-state index is -0.126. The van der Waals surface area contributed by atoms with E-state index in [0.29, 0.717) is 5.92 Å². The van der Waals surface area contributed by atoms with Gasteiger partial charge in [-0.2, -0.15) is 0 Å². The highest BCUT2D eigenvalue weighted by Gasteiger charge is 2.28. The van der Waals surface area contributed by atoms with Crippen molar-refractivity contribution in [3.05, 3.63) is 22.7 Å². The van der Waals surface area contributed by atoms with Crippen molar-refractivity contribution in [2.24, 2.45) is 5.92 Å². The van der Waals surface area contributed by atoms with Crippen LogP contribution in [0.5, 0.6) is 0 Å². The van der Waals surface area contributed by atoms with Crippen molar-refractivity contribution in [2.45, 2.75) is 26.3 Å². The van der Waals surface area contributed by atoms with E-state index >= 15 is 0 Å². The van der Waals surface area contributed by atoms with Crippen LogP contribution >= 0.6 is 15.9 Å². The summed E-state index contributed by atoms with van der Waals surface area (Å²) >= 11 is 3.39. The molecule has 1 aliphatic rings.